The van der Waals surface area contributed by atoms with Crippen molar-refractivity contribution < 1.29 is 17.9 Å². The van der Waals surface area contributed by atoms with Gasteiger partial charge in [0.2, 0.25) is 5.82 Å². The van der Waals surface area contributed by atoms with E-state index in [1.807, 2.05) is 0 Å². The molecule has 0 heterocycles. The van der Waals surface area contributed by atoms with E-state index in [4.69, 9.17) is 10.5 Å². The van der Waals surface area contributed by atoms with E-state index < -0.39 is 23.5 Å². The van der Waals surface area contributed by atoms with Crippen molar-refractivity contribution in [2.75, 3.05) is 0 Å². The van der Waals surface area contributed by atoms with E-state index in [1.165, 1.54) is 18.2 Å². The van der Waals surface area contributed by atoms with E-state index in [1.54, 1.807) is 6.92 Å². The van der Waals surface area contributed by atoms with Crippen LogP contribution in [0.25, 0.3) is 0 Å². The highest BCUT2D eigenvalue weighted by atomic mass is 79.9. The predicted molar refractivity (Wildman–Crippen MR) is 73.1 cm³/mol. The standard InChI is InChI=1S/C14H11BrF3NO/c1-7(19)10-6-9(16)2-3-12(10)20-13-5-8(15)4-11(17)14(13)18/h2-7H,19H2,1H3. The Morgan fingerprint density at radius 3 is 2.45 bits per heavy atom. The Morgan fingerprint density at radius 2 is 1.80 bits per heavy atom. The summed E-state index contributed by atoms with van der Waals surface area (Å²) in [4.78, 5) is 0. The van der Waals surface area contributed by atoms with Gasteiger partial charge in [-0.15, -0.1) is 0 Å². The lowest BCUT2D eigenvalue weighted by Crippen LogP contribution is -2.07. The summed E-state index contributed by atoms with van der Waals surface area (Å²) in [5.74, 6) is -2.76. The summed E-state index contributed by atoms with van der Waals surface area (Å²) in [5, 5.41) is 0. The topological polar surface area (TPSA) is 35.2 Å². The fraction of sp³-hybridized carbons (Fsp3) is 0.143. The molecular formula is C14H11BrF3NO. The predicted octanol–water partition coefficient (Wildman–Crippen LogP) is 4.68. The van der Waals surface area contributed by atoms with E-state index in [2.05, 4.69) is 15.9 Å². The SMILES string of the molecule is CC(N)c1cc(F)ccc1Oc1cc(Br)cc(F)c1F. The van der Waals surface area contributed by atoms with Crippen molar-refractivity contribution in [2.24, 2.45) is 5.73 Å². The number of rotatable bonds is 3. The zero-order chi connectivity index (χ0) is 14.9. The van der Waals surface area contributed by atoms with Gasteiger partial charge in [-0.25, -0.2) is 8.78 Å². The van der Waals surface area contributed by atoms with Gasteiger partial charge >= 0.3 is 0 Å². The molecule has 2 N–H and O–H groups in total. The minimum atomic E-state index is -1.12. The molecule has 0 aliphatic heterocycles. The number of hydrogen-bond acceptors (Lipinski definition) is 2. The van der Waals surface area contributed by atoms with Crippen molar-refractivity contribution in [3.63, 3.8) is 0 Å². The molecule has 2 aromatic carbocycles. The van der Waals surface area contributed by atoms with Crippen LogP contribution in [0, 0.1) is 17.5 Å². The van der Waals surface area contributed by atoms with Gasteiger partial charge in [-0.05, 0) is 37.3 Å². The maximum atomic E-state index is 13.7. The van der Waals surface area contributed by atoms with Gasteiger partial charge in [-0.2, -0.15) is 4.39 Å². The molecule has 20 heavy (non-hydrogen) atoms. The van der Waals surface area contributed by atoms with Crippen molar-refractivity contribution >= 4 is 15.9 Å². The minimum Gasteiger partial charge on any atom is -0.454 e. The van der Waals surface area contributed by atoms with E-state index in [-0.39, 0.29) is 11.5 Å². The van der Waals surface area contributed by atoms with Crippen LogP contribution in [0.3, 0.4) is 0 Å². The van der Waals surface area contributed by atoms with Crippen molar-refractivity contribution in [1.82, 2.24) is 0 Å². The van der Waals surface area contributed by atoms with Crippen LogP contribution in [0.4, 0.5) is 13.2 Å². The van der Waals surface area contributed by atoms with Crippen molar-refractivity contribution in [3.05, 3.63) is 57.8 Å². The summed E-state index contributed by atoms with van der Waals surface area (Å²) >= 11 is 3.05. The van der Waals surface area contributed by atoms with Crippen LogP contribution in [0.15, 0.2) is 34.8 Å². The van der Waals surface area contributed by atoms with Gasteiger partial charge in [-0.3, -0.25) is 0 Å². The number of ether oxygens (including phenoxy) is 1. The van der Waals surface area contributed by atoms with Crippen LogP contribution >= 0.6 is 15.9 Å². The molecule has 2 nitrogen and oxygen atoms in total. The molecule has 0 aliphatic carbocycles. The number of nitrogens with two attached hydrogens (primary N) is 1. The Balaban J connectivity index is 2.45. The van der Waals surface area contributed by atoms with Crippen LogP contribution in [0.1, 0.15) is 18.5 Å². The van der Waals surface area contributed by atoms with E-state index in [0.717, 1.165) is 12.1 Å². The molecule has 0 bridgehead atoms. The lowest BCUT2D eigenvalue weighted by Gasteiger charge is -2.14. The first-order chi connectivity index (χ1) is 9.38. The molecule has 0 amide bonds. The highest BCUT2D eigenvalue weighted by molar-refractivity contribution is 9.10. The normalized spacial score (nSPS) is 12.3. The molecule has 2 rings (SSSR count). The summed E-state index contributed by atoms with van der Waals surface area (Å²) in [6, 6.07) is 5.44. The van der Waals surface area contributed by atoms with Crippen LogP contribution in [0.2, 0.25) is 0 Å². The maximum absolute atomic E-state index is 13.7. The van der Waals surface area contributed by atoms with Crippen LogP contribution in [0.5, 0.6) is 11.5 Å². The second kappa shape index (κ2) is 5.85. The van der Waals surface area contributed by atoms with E-state index in [9.17, 15) is 13.2 Å². The monoisotopic (exact) mass is 345 g/mol. The summed E-state index contributed by atoms with van der Waals surface area (Å²) < 4.78 is 45.8. The highest BCUT2D eigenvalue weighted by Gasteiger charge is 2.15. The summed E-state index contributed by atoms with van der Waals surface area (Å²) in [5.41, 5.74) is 6.08. The quantitative estimate of drug-likeness (QED) is 0.819. The Hall–Kier alpha value is -1.53. The third kappa shape index (κ3) is 3.13. The van der Waals surface area contributed by atoms with Crippen molar-refractivity contribution in [2.45, 2.75) is 13.0 Å². The molecular weight excluding hydrogens is 335 g/mol. The number of benzene rings is 2. The zero-order valence-corrected chi connectivity index (χ0v) is 12.0. The molecule has 6 heteroatoms. The third-order valence-electron chi connectivity index (χ3n) is 2.64. The van der Waals surface area contributed by atoms with E-state index >= 15 is 0 Å². The van der Waals surface area contributed by atoms with Gasteiger partial charge in [0, 0.05) is 16.1 Å². The highest BCUT2D eigenvalue weighted by Crippen LogP contribution is 2.33. The number of halogens is 4. The Labute approximate surface area is 122 Å². The Morgan fingerprint density at radius 1 is 1.10 bits per heavy atom. The maximum Gasteiger partial charge on any atom is 0.201 e. The molecule has 0 aromatic heterocycles. The molecule has 0 saturated heterocycles. The molecule has 106 valence electrons. The molecule has 1 unspecified atom stereocenters. The third-order valence-corrected chi connectivity index (χ3v) is 3.10. The minimum absolute atomic E-state index is 0.179. The average Bonchev–Trinajstić information content (AvgIpc) is 2.37. The molecule has 1 atom stereocenters. The van der Waals surface area contributed by atoms with Gasteiger partial charge in [-0.1, -0.05) is 15.9 Å². The molecule has 0 spiro atoms. The summed E-state index contributed by atoms with van der Waals surface area (Å²) in [6.07, 6.45) is 0. The van der Waals surface area contributed by atoms with Gasteiger partial charge in [0.05, 0.1) is 0 Å². The Kier molecular flexibility index (Phi) is 4.35. The first-order valence-electron chi connectivity index (χ1n) is 5.76. The molecule has 0 aliphatic rings. The first-order valence-corrected chi connectivity index (χ1v) is 6.55. The second-order valence-electron chi connectivity index (χ2n) is 4.27. The fourth-order valence-corrected chi connectivity index (χ4v) is 2.10. The average molecular weight is 346 g/mol. The molecule has 0 fully saturated rings. The summed E-state index contributed by atoms with van der Waals surface area (Å²) in [6.45, 7) is 1.64. The first kappa shape index (κ1) is 14.9. The molecule has 0 saturated carbocycles. The van der Waals surface area contributed by atoms with Gasteiger partial charge in [0.15, 0.2) is 11.6 Å². The van der Waals surface area contributed by atoms with Gasteiger partial charge in [0.1, 0.15) is 11.6 Å². The van der Waals surface area contributed by atoms with E-state index in [0.29, 0.717) is 10.0 Å². The molecule has 2 aromatic rings. The van der Waals surface area contributed by atoms with Crippen LogP contribution < -0.4 is 10.5 Å². The Bertz CT molecular complexity index is 647. The number of hydrogen-bond donors (Lipinski definition) is 1. The largest absolute Gasteiger partial charge is 0.454 e. The van der Waals surface area contributed by atoms with Crippen LogP contribution in [-0.4, -0.2) is 0 Å². The second-order valence-corrected chi connectivity index (χ2v) is 5.19. The van der Waals surface area contributed by atoms with Crippen molar-refractivity contribution in [3.8, 4) is 11.5 Å². The fourth-order valence-electron chi connectivity index (χ4n) is 1.69. The van der Waals surface area contributed by atoms with Gasteiger partial charge < -0.3 is 10.5 Å². The summed E-state index contributed by atoms with van der Waals surface area (Å²) in [7, 11) is 0. The lowest BCUT2D eigenvalue weighted by atomic mass is 10.1. The van der Waals surface area contributed by atoms with Crippen molar-refractivity contribution in [1.29, 1.82) is 0 Å². The van der Waals surface area contributed by atoms with Gasteiger partial charge in [0.25, 0.3) is 0 Å². The molecule has 0 radical (unpaired) electrons. The smallest absolute Gasteiger partial charge is 0.201 e. The van der Waals surface area contributed by atoms with Crippen LogP contribution in [-0.2, 0) is 0 Å². The zero-order valence-electron chi connectivity index (χ0n) is 10.5. The lowest BCUT2D eigenvalue weighted by molar-refractivity contribution is 0.409.